The molecule has 0 unspecified atom stereocenters. The topological polar surface area (TPSA) is 88.4 Å². The molecular formula is C16H16Cl2N2O4. The quantitative estimate of drug-likeness (QED) is 0.463. The van der Waals surface area contributed by atoms with Crippen molar-refractivity contribution in [3.05, 3.63) is 39.5 Å². The summed E-state index contributed by atoms with van der Waals surface area (Å²) in [5.74, 6) is -1.40. The minimum Gasteiger partial charge on any atom is -0.462 e. The van der Waals surface area contributed by atoms with E-state index in [4.69, 9.17) is 37.9 Å². The molecule has 24 heavy (non-hydrogen) atoms. The molecule has 0 radical (unpaired) electrons. The van der Waals surface area contributed by atoms with Crippen molar-refractivity contribution in [2.75, 3.05) is 11.9 Å². The Hall–Kier alpha value is -2.23. The van der Waals surface area contributed by atoms with Crippen LogP contribution in [0.25, 0.3) is 0 Å². The first kappa shape index (κ1) is 19.8. The number of halogens is 2. The molecule has 0 bridgehead atoms. The molecule has 1 rings (SSSR count). The summed E-state index contributed by atoms with van der Waals surface area (Å²) in [5, 5.41) is 12.0. The maximum atomic E-state index is 12.0. The summed E-state index contributed by atoms with van der Waals surface area (Å²) in [6, 6.07) is 4.54. The number of hydrogen-bond donors (Lipinski definition) is 1. The standard InChI is InChI=1S/C16H16Cl2N2O4/c1-4-23-15(21)10(7-19)8-20-13-6-11(17)5-12(14(13)18)16(22)24-9(2)3/h5-6,8-9,20H,4H2,1-3H3. The van der Waals surface area contributed by atoms with Crippen molar-refractivity contribution in [3.63, 3.8) is 0 Å². The summed E-state index contributed by atoms with van der Waals surface area (Å²) in [5.41, 5.74) is 0.0690. The van der Waals surface area contributed by atoms with E-state index in [1.54, 1.807) is 26.8 Å². The highest BCUT2D eigenvalue weighted by molar-refractivity contribution is 6.38. The number of nitriles is 1. The van der Waals surface area contributed by atoms with Gasteiger partial charge in [-0.2, -0.15) is 5.26 Å². The Kier molecular flexibility index (Phi) is 7.56. The molecule has 6 nitrogen and oxygen atoms in total. The summed E-state index contributed by atoms with van der Waals surface area (Å²) in [7, 11) is 0. The van der Waals surface area contributed by atoms with E-state index in [0.29, 0.717) is 0 Å². The molecule has 0 aliphatic heterocycles. The van der Waals surface area contributed by atoms with Gasteiger partial charge in [0.05, 0.1) is 29.0 Å². The van der Waals surface area contributed by atoms with Crippen LogP contribution >= 0.6 is 23.2 Å². The molecule has 0 aliphatic carbocycles. The molecule has 128 valence electrons. The lowest BCUT2D eigenvalue weighted by Crippen LogP contribution is -2.13. The largest absolute Gasteiger partial charge is 0.462 e. The van der Waals surface area contributed by atoms with Crippen LogP contribution in [-0.4, -0.2) is 24.6 Å². The van der Waals surface area contributed by atoms with Crippen LogP contribution < -0.4 is 5.32 Å². The van der Waals surface area contributed by atoms with Gasteiger partial charge in [0.25, 0.3) is 0 Å². The van der Waals surface area contributed by atoms with Gasteiger partial charge in [-0.1, -0.05) is 23.2 Å². The Morgan fingerprint density at radius 2 is 2.04 bits per heavy atom. The number of hydrogen-bond acceptors (Lipinski definition) is 6. The third kappa shape index (κ3) is 5.44. The van der Waals surface area contributed by atoms with E-state index < -0.39 is 11.9 Å². The number of nitrogens with zero attached hydrogens (tertiary/aromatic N) is 1. The molecule has 0 spiro atoms. The zero-order chi connectivity index (χ0) is 18.3. The van der Waals surface area contributed by atoms with Crippen LogP contribution in [-0.2, 0) is 14.3 Å². The zero-order valence-corrected chi connectivity index (χ0v) is 14.9. The molecule has 1 aromatic carbocycles. The highest BCUT2D eigenvalue weighted by Crippen LogP contribution is 2.31. The molecule has 0 amide bonds. The third-order valence-corrected chi connectivity index (χ3v) is 3.21. The number of rotatable bonds is 6. The van der Waals surface area contributed by atoms with Gasteiger partial charge in [-0.3, -0.25) is 0 Å². The molecule has 1 aromatic rings. The molecular weight excluding hydrogens is 355 g/mol. The number of carbonyl (C=O) groups is 2. The summed E-state index contributed by atoms with van der Waals surface area (Å²) >= 11 is 12.2. The van der Waals surface area contributed by atoms with Crippen LogP contribution in [0.4, 0.5) is 5.69 Å². The molecule has 0 atom stereocenters. The second-order valence-corrected chi connectivity index (χ2v) is 5.62. The van der Waals surface area contributed by atoms with Gasteiger partial charge in [-0.25, -0.2) is 9.59 Å². The fourth-order valence-corrected chi connectivity index (χ4v) is 2.08. The molecule has 0 fully saturated rings. The van der Waals surface area contributed by atoms with Crippen LogP contribution in [0.5, 0.6) is 0 Å². The summed E-state index contributed by atoms with van der Waals surface area (Å²) in [6.45, 7) is 5.18. The average Bonchev–Trinajstić information content (AvgIpc) is 2.50. The monoisotopic (exact) mass is 370 g/mol. The van der Waals surface area contributed by atoms with Crippen LogP contribution in [0.15, 0.2) is 23.9 Å². The normalized spacial score (nSPS) is 11.0. The van der Waals surface area contributed by atoms with Crippen molar-refractivity contribution in [1.82, 2.24) is 0 Å². The SMILES string of the molecule is CCOC(=O)C(C#N)=CNc1cc(Cl)cc(C(=O)OC(C)C)c1Cl. The van der Waals surface area contributed by atoms with E-state index in [0.717, 1.165) is 6.20 Å². The number of nitrogens with one attached hydrogen (secondary N) is 1. The van der Waals surface area contributed by atoms with Crippen LogP contribution in [0.1, 0.15) is 31.1 Å². The van der Waals surface area contributed by atoms with Crippen molar-refractivity contribution in [2.24, 2.45) is 0 Å². The number of benzene rings is 1. The second kappa shape index (κ2) is 9.16. The maximum absolute atomic E-state index is 12.0. The summed E-state index contributed by atoms with van der Waals surface area (Å²) < 4.78 is 9.83. The summed E-state index contributed by atoms with van der Waals surface area (Å²) in [6.07, 6.45) is 0.811. The first-order valence-corrected chi connectivity index (χ1v) is 7.79. The van der Waals surface area contributed by atoms with E-state index in [2.05, 4.69) is 5.32 Å². The van der Waals surface area contributed by atoms with Gasteiger partial charge in [0.15, 0.2) is 5.57 Å². The van der Waals surface area contributed by atoms with E-state index in [-0.39, 0.29) is 39.6 Å². The smallest absolute Gasteiger partial charge is 0.350 e. The highest BCUT2D eigenvalue weighted by Gasteiger charge is 2.18. The fraction of sp³-hybridized carbons (Fsp3) is 0.312. The maximum Gasteiger partial charge on any atom is 0.350 e. The Bertz CT molecular complexity index is 709. The zero-order valence-electron chi connectivity index (χ0n) is 13.4. The van der Waals surface area contributed by atoms with Crippen molar-refractivity contribution in [2.45, 2.75) is 26.9 Å². The van der Waals surface area contributed by atoms with Gasteiger partial charge in [-0.05, 0) is 32.9 Å². The van der Waals surface area contributed by atoms with Crippen molar-refractivity contribution >= 4 is 40.8 Å². The summed E-state index contributed by atoms with van der Waals surface area (Å²) in [4.78, 5) is 23.6. The Morgan fingerprint density at radius 1 is 1.38 bits per heavy atom. The van der Waals surface area contributed by atoms with Crippen LogP contribution in [0.2, 0.25) is 10.0 Å². The molecule has 0 aliphatic rings. The number of esters is 2. The minimum absolute atomic E-state index is 0.0578. The lowest BCUT2D eigenvalue weighted by atomic mass is 10.2. The van der Waals surface area contributed by atoms with Gasteiger partial charge < -0.3 is 14.8 Å². The third-order valence-electron chi connectivity index (χ3n) is 2.59. The second-order valence-electron chi connectivity index (χ2n) is 4.80. The van der Waals surface area contributed by atoms with Gasteiger partial charge in [0.2, 0.25) is 0 Å². The van der Waals surface area contributed by atoms with Crippen molar-refractivity contribution in [1.29, 1.82) is 5.26 Å². The highest BCUT2D eigenvalue weighted by atomic mass is 35.5. The lowest BCUT2D eigenvalue weighted by molar-refractivity contribution is -0.138. The predicted molar refractivity (Wildman–Crippen MR) is 91.0 cm³/mol. The van der Waals surface area contributed by atoms with E-state index in [1.165, 1.54) is 12.1 Å². The molecule has 0 aromatic heterocycles. The van der Waals surface area contributed by atoms with Crippen molar-refractivity contribution < 1.29 is 19.1 Å². The number of ether oxygens (including phenoxy) is 2. The molecule has 0 saturated heterocycles. The van der Waals surface area contributed by atoms with Crippen molar-refractivity contribution in [3.8, 4) is 6.07 Å². The Balaban J connectivity index is 3.13. The molecule has 1 N–H and O–H groups in total. The van der Waals surface area contributed by atoms with Gasteiger partial charge in [-0.15, -0.1) is 0 Å². The number of carbonyl (C=O) groups excluding carboxylic acids is 2. The van der Waals surface area contributed by atoms with E-state index >= 15 is 0 Å². The predicted octanol–water partition coefficient (Wildman–Crippen LogP) is 3.94. The lowest BCUT2D eigenvalue weighted by Gasteiger charge is -2.12. The van der Waals surface area contributed by atoms with E-state index in [1.807, 2.05) is 0 Å². The molecule has 0 heterocycles. The van der Waals surface area contributed by atoms with Gasteiger partial charge in [0.1, 0.15) is 6.07 Å². The minimum atomic E-state index is -0.773. The molecule has 8 heteroatoms. The van der Waals surface area contributed by atoms with Crippen LogP contribution in [0, 0.1) is 11.3 Å². The Labute approximate surface area is 149 Å². The first-order valence-electron chi connectivity index (χ1n) is 7.04. The first-order chi connectivity index (χ1) is 11.3. The average molecular weight is 371 g/mol. The fourth-order valence-electron chi connectivity index (χ4n) is 1.62. The van der Waals surface area contributed by atoms with Gasteiger partial charge in [0, 0.05) is 11.2 Å². The Morgan fingerprint density at radius 3 is 2.58 bits per heavy atom. The van der Waals surface area contributed by atoms with Gasteiger partial charge >= 0.3 is 11.9 Å². The van der Waals surface area contributed by atoms with Crippen LogP contribution in [0.3, 0.4) is 0 Å². The number of anilines is 1. The van der Waals surface area contributed by atoms with E-state index in [9.17, 15) is 9.59 Å². The molecule has 0 saturated carbocycles.